The number of esters is 3. The summed E-state index contributed by atoms with van der Waals surface area (Å²) >= 11 is 0. The first-order valence-corrected chi connectivity index (χ1v) is 6.97. The molecule has 0 aliphatic heterocycles. The molecule has 0 aromatic rings. The van der Waals surface area contributed by atoms with Crippen LogP contribution < -0.4 is 0 Å². The Morgan fingerprint density at radius 2 is 1.70 bits per heavy atom. The van der Waals surface area contributed by atoms with Gasteiger partial charge in [-0.25, -0.2) is 0 Å². The number of hydrogen-bond acceptors (Lipinski definition) is 6. The highest BCUT2D eigenvalue weighted by atomic mass is 16.6. The van der Waals surface area contributed by atoms with Gasteiger partial charge in [0.1, 0.15) is 18.8 Å². The van der Waals surface area contributed by atoms with E-state index in [-0.39, 0.29) is 19.1 Å². The SMILES string of the molecule is CC(=O)OCC(CC(=O)OC1CCCCC1)OC(C)=O. The van der Waals surface area contributed by atoms with Gasteiger partial charge in [0.2, 0.25) is 0 Å². The number of carbonyl (C=O) groups is 3. The molecule has 1 aliphatic carbocycles. The molecule has 0 radical (unpaired) electrons. The zero-order valence-electron chi connectivity index (χ0n) is 12.1. The van der Waals surface area contributed by atoms with Gasteiger partial charge >= 0.3 is 17.9 Å². The van der Waals surface area contributed by atoms with Crippen molar-refractivity contribution in [3.05, 3.63) is 0 Å². The molecular formula is C14H22O6. The summed E-state index contributed by atoms with van der Waals surface area (Å²) in [5.41, 5.74) is 0. The Hall–Kier alpha value is -1.59. The van der Waals surface area contributed by atoms with E-state index in [1.54, 1.807) is 0 Å². The molecule has 1 rings (SSSR count). The van der Waals surface area contributed by atoms with Crippen LogP contribution in [0.5, 0.6) is 0 Å². The second-order valence-corrected chi connectivity index (χ2v) is 4.99. The Morgan fingerprint density at radius 1 is 1.05 bits per heavy atom. The van der Waals surface area contributed by atoms with Crippen LogP contribution in [0.1, 0.15) is 52.4 Å². The quantitative estimate of drug-likeness (QED) is 0.546. The average Bonchev–Trinajstić information content (AvgIpc) is 2.36. The summed E-state index contributed by atoms with van der Waals surface area (Å²) in [6.07, 6.45) is 4.16. The van der Waals surface area contributed by atoms with Crippen molar-refractivity contribution >= 4 is 17.9 Å². The Morgan fingerprint density at radius 3 is 2.25 bits per heavy atom. The molecule has 1 aliphatic rings. The van der Waals surface area contributed by atoms with Crippen molar-refractivity contribution in [2.24, 2.45) is 0 Å². The van der Waals surface area contributed by atoms with E-state index in [0.717, 1.165) is 25.7 Å². The van der Waals surface area contributed by atoms with Crippen LogP contribution in [0.2, 0.25) is 0 Å². The zero-order valence-corrected chi connectivity index (χ0v) is 12.1. The minimum Gasteiger partial charge on any atom is -0.462 e. The van der Waals surface area contributed by atoms with Crippen LogP contribution in [0.3, 0.4) is 0 Å². The van der Waals surface area contributed by atoms with Gasteiger partial charge in [-0.05, 0) is 25.7 Å². The topological polar surface area (TPSA) is 78.9 Å². The number of rotatable bonds is 6. The molecule has 20 heavy (non-hydrogen) atoms. The van der Waals surface area contributed by atoms with Crippen LogP contribution in [0.15, 0.2) is 0 Å². The van der Waals surface area contributed by atoms with Crippen molar-refractivity contribution in [2.75, 3.05) is 6.61 Å². The minimum absolute atomic E-state index is 0.0389. The average molecular weight is 286 g/mol. The van der Waals surface area contributed by atoms with E-state index < -0.39 is 24.0 Å². The van der Waals surface area contributed by atoms with Gasteiger partial charge in [0.05, 0.1) is 6.42 Å². The molecule has 1 unspecified atom stereocenters. The lowest BCUT2D eigenvalue weighted by molar-refractivity contribution is -0.164. The zero-order chi connectivity index (χ0) is 15.0. The molecule has 0 saturated heterocycles. The third-order valence-corrected chi connectivity index (χ3v) is 3.05. The van der Waals surface area contributed by atoms with Crippen LogP contribution in [0.25, 0.3) is 0 Å². The van der Waals surface area contributed by atoms with Crippen molar-refractivity contribution in [3.63, 3.8) is 0 Å². The van der Waals surface area contributed by atoms with Gasteiger partial charge in [-0.1, -0.05) is 6.42 Å². The maximum atomic E-state index is 11.8. The van der Waals surface area contributed by atoms with Crippen molar-refractivity contribution in [2.45, 2.75) is 64.6 Å². The van der Waals surface area contributed by atoms with E-state index in [1.165, 1.54) is 20.3 Å². The van der Waals surface area contributed by atoms with E-state index in [4.69, 9.17) is 14.2 Å². The molecule has 0 heterocycles. The first-order valence-electron chi connectivity index (χ1n) is 6.97. The van der Waals surface area contributed by atoms with Gasteiger partial charge in [-0.15, -0.1) is 0 Å². The van der Waals surface area contributed by atoms with Crippen LogP contribution in [-0.4, -0.2) is 36.7 Å². The third kappa shape index (κ3) is 7.11. The standard InChI is InChI=1S/C14H22O6/c1-10(15)18-9-13(19-11(2)16)8-14(17)20-12-6-4-3-5-7-12/h12-13H,3-9H2,1-2H3. The van der Waals surface area contributed by atoms with E-state index >= 15 is 0 Å². The maximum Gasteiger partial charge on any atom is 0.309 e. The van der Waals surface area contributed by atoms with Gasteiger partial charge in [-0.3, -0.25) is 14.4 Å². The monoisotopic (exact) mass is 286 g/mol. The summed E-state index contributed by atoms with van der Waals surface area (Å²) in [6.45, 7) is 2.37. The largest absolute Gasteiger partial charge is 0.462 e. The highest BCUT2D eigenvalue weighted by molar-refractivity contribution is 5.72. The predicted molar refractivity (Wildman–Crippen MR) is 69.8 cm³/mol. The van der Waals surface area contributed by atoms with Gasteiger partial charge < -0.3 is 14.2 Å². The lowest BCUT2D eigenvalue weighted by atomic mass is 9.98. The van der Waals surface area contributed by atoms with Gasteiger partial charge in [0, 0.05) is 13.8 Å². The van der Waals surface area contributed by atoms with Crippen LogP contribution in [0, 0.1) is 0 Å². The minimum atomic E-state index is -0.785. The first-order chi connectivity index (χ1) is 9.47. The van der Waals surface area contributed by atoms with Crippen molar-refractivity contribution in [3.8, 4) is 0 Å². The molecule has 6 nitrogen and oxygen atoms in total. The van der Waals surface area contributed by atoms with Gasteiger partial charge in [0.15, 0.2) is 0 Å². The van der Waals surface area contributed by atoms with E-state index in [1.807, 2.05) is 0 Å². The fraction of sp³-hybridized carbons (Fsp3) is 0.786. The van der Waals surface area contributed by atoms with E-state index in [2.05, 4.69) is 0 Å². The number of ether oxygens (including phenoxy) is 3. The summed E-state index contributed by atoms with van der Waals surface area (Å²) < 4.78 is 15.1. The summed E-state index contributed by atoms with van der Waals surface area (Å²) in [7, 11) is 0. The normalized spacial score (nSPS) is 17.1. The van der Waals surface area contributed by atoms with E-state index in [9.17, 15) is 14.4 Å². The van der Waals surface area contributed by atoms with E-state index in [0.29, 0.717) is 0 Å². The van der Waals surface area contributed by atoms with Crippen LogP contribution >= 0.6 is 0 Å². The Bertz CT molecular complexity index is 346. The Balaban J connectivity index is 2.39. The molecular weight excluding hydrogens is 264 g/mol. The maximum absolute atomic E-state index is 11.8. The molecule has 0 spiro atoms. The summed E-state index contributed by atoms with van der Waals surface area (Å²) in [5, 5.41) is 0. The van der Waals surface area contributed by atoms with Gasteiger partial charge in [-0.2, -0.15) is 0 Å². The summed E-state index contributed by atoms with van der Waals surface area (Å²) in [5.74, 6) is -1.43. The highest BCUT2D eigenvalue weighted by Crippen LogP contribution is 2.21. The van der Waals surface area contributed by atoms with Crippen LogP contribution in [-0.2, 0) is 28.6 Å². The highest BCUT2D eigenvalue weighted by Gasteiger charge is 2.23. The fourth-order valence-corrected chi connectivity index (χ4v) is 2.18. The molecule has 1 atom stereocenters. The molecule has 1 saturated carbocycles. The molecule has 0 aromatic carbocycles. The fourth-order valence-electron chi connectivity index (χ4n) is 2.18. The van der Waals surface area contributed by atoms with Crippen molar-refractivity contribution < 1.29 is 28.6 Å². The molecule has 6 heteroatoms. The summed E-state index contributed by atoms with van der Waals surface area (Å²) in [4.78, 5) is 33.5. The lowest BCUT2D eigenvalue weighted by Crippen LogP contribution is -2.29. The van der Waals surface area contributed by atoms with Crippen molar-refractivity contribution in [1.82, 2.24) is 0 Å². The van der Waals surface area contributed by atoms with Gasteiger partial charge in [0.25, 0.3) is 0 Å². The molecule has 0 N–H and O–H groups in total. The second-order valence-electron chi connectivity index (χ2n) is 4.99. The smallest absolute Gasteiger partial charge is 0.309 e. The Kier molecular flexibility index (Phi) is 7.04. The molecule has 0 aromatic heterocycles. The molecule has 1 fully saturated rings. The first kappa shape index (κ1) is 16.5. The third-order valence-electron chi connectivity index (χ3n) is 3.05. The second kappa shape index (κ2) is 8.55. The Labute approximate surface area is 118 Å². The molecule has 114 valence electrons. The number of carbonyl (C=O) groups excluding carboxylic acids is 3. The predicted octanol–water partition coefficient (Wildman–Crippen LogP) is 1.75. The number of hydrogen-bond donors (Lipinski definition) is 0. The lowest BCUT2D eigenvalue weighted by Gasteiger charge is -2.23. The van der Waals surface area contributed by atoms with Crippen molar-refractivity contribution in [1.29, 1.82) is 0 Å². The van der Waals surface area contributed by atoms with Crippen LogP contribution in [0.4, 0.5) is 0 Å². The summed E-state index contributed by atoms with van der Waals surface area (Å²) in [6, 6.07) is 0. The molecule has 0 bridgehead atoms. The molecule has 0 amide bonds.